The van der Waals surface area contributed by atoms with Gasteiger partial charge in [0.1, 0.15) is 0 Å². The van der Waals surface area contributed by atoms with Gasteiger partial charge in [-0.3, -0.25) is 0 Å². The van der Waals surface area contributed by atoms with Crippen LogP contribution in [0.2, 0.25) is 0 Å². The van der Waals surface area contributed by atoms with E-state index in [0.717, 1.165) is 25.3 Å². The fourth-order valence-corrected chi connectivity index (χ4v) is 2.30. The van der Waals surface area contributed by atoms with E-state index in [0.29, 0.717) is 0 Å². The van der Waals surface area contributed by atoms with Crippen molar-refractivity contribution in [1.82, 2.24) is 14.9 Å². The first kappa shape index (κ1) is 16.2. The largest absolute Gasteiger partial charge is 0.337 e. The fourth-order valence-electron chi connectivity index (χ4n) is 2.30. The van der Waals surface area contributed by atoms with E-state index in [-0.39, 0.29) is 0 Å². The van der Waals surface area contributed by atoms with Crippen molar-refractivity contribution < 1.29 is 0 Å². The van der Waals surface area contributed by atoms with Gasteiger partial charge < -0.3 is 9.88 Å². The average molecular weight is 265 g/mol. The van der Waals surface area contributed by atoms with Gasteiger partial charge in [0.15, 0.2) is 0 Å². The number of hydrogen-bond donors (Lipinski definition) is 1. The quantitative estimate of drug-likeness (QED) is 0.576. The van der Waals surface area contributed by atoms with Gasteiger partial charge in [0, 0.05) is 19.3 Å². The Balaban J connectivity index is 1.98. The predicted molar refractivity (Wildman–Crippen MR) is 82.2 cm³/mol. The molecule has 0 bridgehead atoms. The molecule has 1 heterocycles. The van der Waals surface area contributed by atoms with Crippen LogP contribution in [0.4, 0.5) is 0 Å². The van der Waals surface area contributed by atoms with Crippen LogP contribution in [0.25, 0.3) is 0 Å². The Hall–Kier alpha value is -0.830. The molecule has 1 N–H and O–H groups in total. The lowest BCUT2D eigenvalue weighted by atomic mass is 10.1. The number of aromatic nitrogens is 2. The molecule has 0 fully saturated rings. The third-order valence-corrected chi connectivity index (χ3v) is 3.51. The van der Waals surface area contributed by atoms with Crippen molar-refractivity contribution in [3.8, 4) is 0 Å². The number of nitrogens with one attached hydrogen (secondary N) is 1. The first-order chi connectivity index (χ1) is 9.36. The molecule has 1 aromatic heterocycles. The maximum absolute atomic E-state index is 4.40. The molecular formula is C16H31N3. The highest BCUT2D eigenvalue weighted by atomic mass is 15.0. The van der Waals surface area contributed by atoms with E-state index in [1.807, 2.05) is 6.33 Å². The monoisotopic (exact) mass is 265 g/mol. The van der Waals surface area contributed by atoms with Crippen LogP contribution in [0.1, 0.15) is 70.9 Å². The number of imidazole rings is 1. The van der Waals surface area contributed by atoms with Gasteiger partial charge in [-0.25, -0.2) is 4.98 Å². The summed E-state index contributed by atoms with van der Waals surface area (Å²) in [5.74, 6) is 0. The minimum absolute atomic E-state index is 0.890. The van der Waals surface area contributed by atoms with Crippen LogP contribution in [0, 0.1) is 0 Å². The minimum atomic E-state index is 0.890. The number of nitrogens with zero attached hydrogens (tertiary/aromatic N) is 2. The van der Waals surface area contributed by atoms with Gasteiger partial charge in [0.25, 0.3) is 0 Å². The molecule has 0 amide bonds. The Morgan fingerprint density at radius 2 is 1.68 bits per heavy atom. The molecule has 0 aliphatic rings. The first-order valence-corrected chi connectivity index (χ1v) is 8.08. The second kappa shape index (κ2) is 11.0. The molecule has 3 heteroatoms. The molecule has 0 aromatic carbocycles. The van der Waals surface area contributed by atoms with Crippen LogP contribution in [0.3, 0.4) is 0 Å². The Labute approximate surface area is 118 Å². The molecule has 0 radical (unpaired) electrons. The van der Waals surface area contributed by atoms with E-state index in [2.05, 4.69) is 34.9 Å². The van der Waals surface area contributed by atoms with Gasteiger partial charge in [-0.1, -0.05) is 58.8 Å². The summed E-state index contributed by atoms with van der Waals surface area (Å²) in [6.07, 6.45) is 15.2. The minimum Gasteiger partial charge on any atom is -0.337 e. The molecule has 0 saturated heterocycles. The highest BCUT2D eigenvalue weighted by molar-refractivity contribution is 4.95. The second-order valence-electron chi connectivity index (χ2n) is 5.36. The van der Waals surface area contributed by atoms with Gasteiger partial charge in [-0.2, -0.15) is 0 Å². The summed E-state index contributed by atoms with van der Waals surface area (Å²) in [5, 5.41) is 3.30. The Morgan fingerprint density at radius 3 is 2.37 bits per heavy atom. The van der Waals surface area contributed by atoms with Crippen LogP contribution in [0.15, 0.2) is 12.5 Å². The molecule has 0 aliphatic carbocycles. The molecule has 0 saturated carbocycles. The summed E-state index contributed by atoms with van der Waals surface area (Å²) in [6.45, 7) is 7.41. The Morgan fingerprint density at radius 1 is 1.00 bits per heavy atom. The van der Waals surface area contributed by atoms with Crippen LogP contribution in [-0.4, -0.2) is 16.1 Å². The summed E-state index contributed by atoms with van der Waals surface area (Å²) in [6, 6.07) is 0. The number of unbranched alkanes of at least 4 members (excludes halogenated alkanes) is 7. The summed E-state index contributed by atoms with van der Waals surface area (Å²) in [5.41, 5.74) is 1.15. The van der Waals surface area contributed by atoms with E-state index >= 15 is 0 Å². The topological polar surface area (TPSA) is 29.9 Å². The highest BCUT2D eigenvalue weighted by Crippen LogP contribution is 2.09. The van der Waals surface area contributed by atoms with Crippen molar-refractivity contribution in [2.24, 2.45) is 0 Å². The van der Waals surface area contributed by atoms with Crippen molar-refractivity contribution in [3.63, 3.8) is 0 Å². The zero-order valence-electron chi connectivity index (χ0n) is 12.8. The van der Waals surface area contributed by atoms with Crippen LogP contribution in [-0.2, 0) is 13.1 Å². The summed E-state index contributed by atoms with van der Waals surface area (Å²) in [7, 11) is 0. The Kier molecular flexibility index (Phi) is 9.42. The standard InChI is InChI=1S/C16H31N3/c1-3-5-6-7-8-9-10-11-12-19-14-16(18-15-19)13-17-4-2/h14-15,17H,3-13H2,1-2H3. The first-order valence-electron chi connectivity index (χ1n) is 8.08. The van der Waals surface area contributed by atoms with Gasteiger partial charge in [0.05, 0.1) is 12.0 Å². The third-order valence-electron chi connectivity index (χ3n) is 3.51. The van der Waals surface area contributed by atoms with Crippen LogP contribution in [0.5, 0.6) is 0 Å². The van der Waals surface area contributed by atoms with Crippen LogP contribution >= 0.6 is 0 Å². The number of rotatable bonds is 12. The normalized spacial score (nSPS) is 11.1. The summed E-state index contributed by atoms with van der Waals surface area (Å²) >= 11 is 0. The van der Waals surface area contributed by atoms with E-state index in [1.165, 1.54) is 51.4 Å². The molecular weight excluding hydrogens is 234 g/mol. The zero-order valence-corrected chi connectivity index (χ0v) is 12.8. The number of aryl methyl sites for hydroxylation is 1. The lowest BCUT2D eigenvalue weighted by Gasteiger charge is -2.03. The molecule has 110 valence electrons. The third kappa shape index (κ3) is 8.04. The lowest BCUT2D eigenvalue weighted by Crippen LogP contribution is -2.11. The maximum atomic E-state index is 4.40. The second-order valence-corrected chi connectivity index (χ2v) is 5.36. The van der Waals surface area contributed by atoms with Crippen molar-refractivity contribution in [2.45, 2.75) is 78.3 Å². The SMILES string of the molecule is CCCCCCCCCCn1cnc(CNCC)c1. The van der Waals surface area contributed by atoms with Gasteiger partial charge in [0.2, 0.25) is 0 Å². The highest BCUT2D eigenvalue weighted by Gasteiger charge is 1.98. The van der Waals surface area contributed by atoms with Gasteiger partial charge in [-0.05, 0) is 13.0 Å². The van der Waals surface area contributed by atoms with Gasteiger partial charge >= 0.3 is 0 Å². The Bertz CT molecular complexity index is 307. The molecule has 0 aliphatic heterocycles. The molecule has 0 spiro atoms. The zero-order chi connectivity index (χ0) is 13.8. The van der Waals surface area contributed by atoms with Gasteiger partial charge in [-0.15, -0.1) is 0 Å². The number of hydrogen-bond acceptors (Lipinski definition) is 2. The fraction of sp³-hybridized carbons (Fsp3) is 0.812. The molecule has 1 rings (SSSR count). The molecule has 19 heavy (non-hydrogen) atoms. The summed E-state index contributed by atoms with van der Waals surface area (Å²) in [4.78, 5) is 4.40. The lowest BCUT2D eigenvalue weighted by molar-refractivity contribution is 0.543. The summed E-state index contributed by atoms with van der Waals surface area (Å²) < 4.78 is 2.23. The van der Waals surface area contributed by atoms with E-state index in [1.54, 1.807) is 0 Å². The predicted octanol–water partition coefficient (Wildman–Crippen LogP) is 4.13. The maximum Gasteiger partial charge on any atom is 0.0949 e. The molecule has 0 atom stereocenters. The van der Waals surface area contributed by atoms with Crippen molar-refractivity contribution in [1.29, 1.82) is 0 Å². The van der Waals surface area contributed by atoms with Crippen molar-refractivity contribution in [2.75, 3.05) is 6.54 Å². The van der Waals surface area contributed by atoms with Crippen molar-refractivity contribution >= 4 is 0 Å². The average Bonchev–Trinajstić information content (AvgIpc) is 2.87. The van der Waals surface area contributed by atoms with E-state index < -0.39 is 0 Å². The van der Waals surface area contributed by atoms with Crippen LogP contribution < -0.4 is 5.32 Å². The smallest absolute Gasteiger partial charge is 0.0949 e. The van der Waals surface area contributed by atoms with E-state index in [9.17, 15) is 0 Å². The van der Waals surface area contributed by atoms with E-state index in [4.69, 9.17) is 0 Å². The molecule has 1 aromatic rings. The van der Waals surface area contributed by atoms with Crippen molar-refractivity contribution in [3.05, 3.63) is 18.2 Å². The molecule has 0 unspecified atom stereocenters. The molecule has 3 nitrogen and oxygen atoms in total.